The predicted octanol–water partition coefficient (Wildman–Crippen LogP) is 1.13. The Morgan fingerprint density at radius 3 is 2.46 bits per heavy atom. The molecule has 3 nitrogen and oxygen atoms in total. The lowest BCUT2D eigenvalue weighted by Gasteiger charge is -2.21. The van der Waals surface area contributed by atoms with Crippen molar-refractivity contribution in [3.05, 3.63) is 33.7 Å². The maximum atomic E-state index is 11.4. The Kier molecular flexibility index (Phi) is 2.57. The highest BCUT2D eigenvalue weighted by molar-refractivity contribution is 5.29. The number of aromatic nitrogens is 1. The van der Waals surface area contributed by atoms with E-state index in [1.807, 2.05) is 6.07 Å². The third-order valence-corrected chi connectivity index (χ3v) is 2.08. The molecule has 0 saturated carbocycles. The standard InChI is InChI=1S/C10H16N2O/c1-10(2,3)8-4-5-12-9(13)7(8)6-11/h4-5H,6,11H2,1-3H3,(H,12,13). The van der Waals surface area contributed by atoms with Crippen LogP contribution >= 0.6 is 0 Å². The first kappa shape index (κ1) is 9.99. The zero-order valence-corrected chi connectivity index (χ0v) is 8.35. The molecule has 0 fully saturated rings. The van der Waals surface area contributed by atoms with Gasteiger partial charge in [0.1, 0.15) is 0 Å². The number of rotatable bonds is 1. The first-order valence-electron chi connectivity index (χ1n) is 4.38. The normalized spacial score (nSPS) is 11.7. The van der Waals surface area contributed by atoms with Gasteiger partial charge in [0.05, 0.1) is 0 Å². The molecule has 3 N–H and O–H groups in total. The third kappa shape index (κ3) is 1.98. The van der Waals surface area contributed by atoms with E-state index in [4.69, 9.17) is 5.73 Å². The average Bonchev–Trinajstić information content (AvgIpc) is 2.02. The van der Waals surface area contributed by atoms with Crippen LogP contribution in [0.4, 0.5) is 0 Å². The number of hydrogen-bond acceptors (Lipinski definition) is 2. The van der Waals surface area contributed by atoms with Gasteiger partial charge in [0.25, 0.3) is 5.56 Å². The molecule has 0 aromatic carbocycles. The molecular weight excluding hydrogens is 164 g/mol. The summed E-state index contributed by atoms with van der Waals surface area (Å²) in [5, 5.41) is 0. The van der Waals surface area contributed by atoms with E-state index in [2.05, 4.69) is 25.8 Å². The molecule has 0 radical (unpaired) electrons. The SMILES string of the molecule is CC(C)(C)c1cc[nH]c(=O)c1CN. The molecule has 3 heteroatoms. The minimum Gasteiger partial charge on any atom is -0.329 e. The summed E-state index contributed by atoms with van der Waals surface area (Å²) in [7, 11) is 0. The van der Waals surface area contributed by atoms with Crippen LogP contribution in [0.5, 0.6) is 0 Å². The van der Waals surface area contributed by atoms with Crippen LogP contribution in [0.15, 0.2) is 17.1 Å². The topological polar surface area (TPSA) is 58.9 Å². The summed E-state index contributed by atoms with van der Waals surface area (Å²) in [6, 6.07) is 1.92. The van der Waals surface area contributed by atoms with Crippen molar-refractivity contribution < 1.29 is 0 Å². The number of nitrogens with one attached hydrogen (secondary N) is 1. The molecule has 0 saturated heterocycles. The van der Waals surface area contributed by atoms with Crippen molar-refractivity contribution in [2.75, 3.05) is 0 Å². The summed E-state index contributed by atoms with van der Waals surface area (Å²) in [5.74, 6) is 0. The molecule has 0 bridgehead atoms. The fourth-order valence-corrected chi connectivity index (χ4v) is 1.42. The molecule has 0 atom stereocenters. The summed E-state index contributed by atoms with van der Waals surface area (Å²) in [6.45, 7) is 6.51. The Balaban J connectivity index is 3.38. The van der Waals surface area contributed by atoms with Crippen molar-refractivity contribution in [3.63, 3.8) is 0 Å². The van der Waals surface area contributed by atoms with Crippen molar-refractivity contribution in [1.82, 2.24) is 4.98 Å². The molecule has 1 aromatic rings. The van der Waals surface area contributed by atoms with Gasteiger partial charge >= 0.3 is 0 Å². The second-order valence-corrected chi connectivity index (χ2v) is 4.15. The molecule has 1 rings (SSSR count). The second kappa shape index (κ2) is 3.34. The molecule has 72 valence electrons. The Bertz CT molecular complexity index is 347. The Morgan fingerprint density at radius 1 is 1.46 bits per heavy atom. The summed E-state index contributed by atoms with van der Waals surface area (Å²) >= 11 is 0. The van der Waals surface area contributed by atoms with E-state index in [0.29, 0.717) is 12.1 Å². The van der Waals surface area contributed by atoms with Crippen molar-refractivity contribution in [3.8, 4) is 0 Å². The number of nitrogens with two attached hydrogens (primary N) is 1. The zero-order valence-electron chi connectivity index (χ0n) is 8.35. The highest BCUT2D eigenvalue weighted by atomic mass is 16.1. The van der Waals surface area contributed by atoms with Crippen LogP contribution in [0.1, 0.15) is 31.9 Å². The van der Waals surface area contributed by atoms with Crippen molar-refractivity contribution in [2.24, 2.45) is 5.73 Å². The summed E-state index contributed by atoms with van der Waals surface area (Å²) < 4.78 is 0. The average molecular weight is 180 g/mol. The largest absolute Gasteiger partial charge is 0.329 e. The van der Waals surface area contributed by atoms with E-state index < -0.39 is 0 Å². The van der Waals surface area contributed by atoms with Crippen molar-refractivity contribution in [2.45, 2.75) is 32.7 Å². The fourth-order valence-electron chi connectivity index (χ4n) is 1.42. The molecule has 1 heterocycles. The van der Waals surface area contributed by atoms with Crippen molar-refractivity contribution in [1.29, 1.82) is 0 Å². The van der Waals surface area contributed by atoms with E-state index in [9.17, 15) is 4.79 Å². The molecule has 0 spiro atoms. The van der Waals surface area contributed by atoms with Crippen LogP contribution in [0.3, 0.4) is 0 Å². The maximum Gasteiger partial charge on any atom is 0.252 e. The van der Waals surface area contributed by atoms with Gasteiger partial charge in [-0.25, -0.2) is 0 Å². The second-order valence-electron chi connectivity index (χ2n) is 4.15. The Labute approximate surface area is 78.0 Å². The third-order valence-electron chi connectivity index (χ3n) is 2.08. The smallest absolute Gasteiger partial charge is 0.252 e. The van der Waals surface area contributed by atoms with E-state index in [1.165, 1.54) is 0 Å². The maximum absolute atomic E-state index is 11.4. The molecule has 1 aromatic heterocycles. The lowest BCUT2D eigenvalue weighted by molar-refractivity contribution is 0.580. The number of hydrogen-bond donors (Lipinski definition) is 2. The molecule has 0 amide bonds. The highest BCUT2D eigenvalue weighted by Gasteiger charge is 2.18. The van der Waals surface area contributed by atoms with Crippen LogP contribution in [0, 0.1) is 0 Å². The molecule has 0 aliphatic carbocycles. The fraction of sp³-hybridized carbons (Fsp3) is 0.500. The van der Waals surface area contributed by atoms with E-state index in [1.54, 1.807) is 6.20 Å². The van der Waals surface area contributed by atoms with Gasteiger partial charge in [-0.15, -0.1) is 0 Å². The molecule has 0 unspecified atom stereocenters. The van der Waals surface area contributed by atoms with Crippen LogP contribution in [0.25, 0.3) is 0 Å². The molecule has 0 aliphatic rings. The Morgan fingerprint density at radius 2 is 2.08 bits per heavy atom. The van der Waals surface area contributed by atoms with Crippen LogP contribution < -0.4 is 11.3 Å². The minimum absolute atomic E-state index is 0.0248. The number of pyridine rings is 1. The first-order chi connectivity index (χ1) is 5.96. The van der Waals surface area contributed by atoms with E-state index in [-0.39, 0.29) is 11.0 Å². The quantitative estimate of drug-likeness (QED) is 0.680. The predicted molar refractivity (Wildman–Crippen MR) is 53.7 cm³/mol. The summed E-state index contributed by atoms with van der Waals surface area (Å²) in [4.78, 5) is 14.0. The Hall–Kier alpha value is -1.09. The summed E-state index contributed by atoms with van der Waals surface area (Å²) in [5.41, 5.74) is 7.15. The minimum atomic E-state index is -0.0741. The lowest BCUT2D eigenvalue weighted by Crippen LogP contribution is -2.24. The van der Waals surface area contributed by atoms with Gasteiger partial charge in [-0.1, -0.05) is 20.8 Å². The molecule has 13 heavy (non-hydrogen) atoms. The zero-order chi connectivity index (χ0) is 10.1. The van der Waals surface area contributed by atoms with Gasteiger partial charge in [0.2, 0.25) is 0 Å². The van der Waals surface area contributed by atoms with Gasteiger partial charge in [0.15, 0.2) is 0 Å². The van der Waals surface area contributed by atoms with Crippen LogP contribution in [-0.4, -0.2) is 4.98 Å². The number of H-pyrrole nitrogens is 1. The van der Waals surface area contributed by atoms with Gasteiger partial charge in [0, 0.05) is 18.3 Å². The van der Waals surface area contributed by atoms with Gasteiger partial charge in [-0.2, -0.15) is 0 Å². The van der Waals surface area contributed by atoms with E-state index >= 15 is 0 Å². The van der Waals surface area contributed by atoms with Crippen molar-refractivity contribution >= 4 is 0 Å². The van der Waals surface area contributed by atoms with Crippen LogP contribution in [-0.2, 0) is 12.0 Å². The van der Waals surface area contributed by atoms with Crippen LogP contribution in [0.2, 0.25) is 0 Å². The monoisotopic (exact) mass is 180 g/mol. The van der Waals surface area contributed by atoms with E-state index in [0.717, 1.165) is 5.56 Å². The van der Waals surface area contributed by atoms with Gasteiger partial charge in [-0.3, -0.25) is 4.79 Å². The van der Waals surface area contributed by atoms with Gasteiger partial charge in [-0.05, 0) is 17.0 Å². The first-order valence-corrected chi connectivity index (χ1v) is 4.38. The molecular formula is C10H16N2O. The highest BCUT2D eigenvalue weighted by Crippen LogP contribution is 2.22. The lowest BCUT2D eigenvalue weighted by atomic mass is 9.84. The number of aromatic amines is 1. The van der Waals surface area contributed by atoms with Gasteiger partial charge < -0.3 is 10.7 Å². The molecule has 0 aliphatic heterocycles. The summed E-state index contributed by atoms with van der Waals surface area (Å²) in [6.07, 6.45) is 1.67.